The number of rotatable bonds is 9. The zero-order valence-corrected chi connectivity index (χ0v) is 12.9. The van der Waals surface area contributed by atoms with E-state index in [1.54, 1.807) is 0 Å². The number of hydrogen-bond acceptors (Lipinski definition) is 2. The van der Waals surface area contributed by atoms with Gasteiger partial charge in [0.05, 0.1) is 6.61 Å². The molecule has 0 aliphatic heterocycles. The molecule has 1 atom stereocenters. The van der Waals surface area contributed by atoms with Crippen LogP contribution in [-0.4, -0.2) is 18.3 Å². The van der Waals surface area contributed by atoms with Crippen LogP contribution in [0.25, 0.3) is 10.8 Å². The van der Waals surface area contributed by atoms with Crippen LogP contribution in [-0.2, 0) is 4.74 Å². The number of aliphatic hydroxyl groups is 1. The Morgan fingerprint density at radius 1 is 0.952 bits per heavy atom. The first-order valence-corrected chi connectivity index (χ1v) is 8.05. The average molecular weight is 286 g/mol. The Morgan fingerprint density at radius 2 is 1.71 bits per heavy atom. The highest BCUT2D eigenvalue weighted by Gasteiger charge is 2.08. The number of unbranched alkanes of at least 4 members (excludes halogenated alkanes) is 4. The fraction of sp³-hybridized carbons (Fsp3) is 0.474. The molecule has 0 aliphatic rings. The summed E-state index contributed by atoms with van der Waals surface area (Å²) in [7, 11) is 0. The van der Waals surface area contributed by atoms with Crippen LogP contribution in [0.2, 0.25) is 0 Å². The fourth-order valence-electron chi connectivity index (χ4n) is 2.51. The van der Waals surface area contributed by atoms with Crippen molar-refractivity contribution in [3.8, 4) is 0 Å². The molecule has 0 aromatic heterocycles. The zero-order valence-electron chi connectivity index (χ0n) is 12.9. The summed E-state index contributed by atoms with van der Waals surface area (Å²) >= 11 is 0. The third-order valence-electron chi connectivity index (χ3n) is 3.83. The van der Waals surface area contributed by atoms with E-state index in [4.69, 9.17) is 4.74 Å². The standard InChI is InChI=1S/C19H26O2/c1-2-3-4-5-8-13-21-15-19(20)18-12-11-16-9-6-7-10-17(16)14-18/h6-7,9-12,14,19-20H,2-5,8,13,15H2,1H3. The molecular formula is C19H26O2. The van der Waals surface area contributed by atoms with Gasteiger partial charge in [-0.2, -0.15) is 0 Å². The predicted octanol–water partition coefficient (Wildman–Crippen LogP) is 4.86. The topological polar surface area (TPSA) is 29.5 Å². The minimum Gasteiger partial charge on any atom is -0.386 e. The molecule has 2 aromatic rings. The summed E-state index contributed by atoms with van der Waals surface area (Å²) in [5, 5.41) is 12.6. The summed E-state index contributed by atoms with van der Waals surface area (Å²) in [5.74, 6) is 0. The number of hydrogen-bond donors (Lipinski definition) is 1. The van der Waals surface area contributed by atoms with Crippen molar-refractivity contribution < 1.29 is 9.84 Å². The van der Waals surface area contributed by atoms with Crippen molar-refractivity contribution in [1.29, 1.82) is 0 Å². The van der Waals surface area contributed by atoms with E-state index in [1.807, 2.05) is 24.3 Å². The Morgan fingerprint density at radius 3 is 2.52 bits per heavy atom. The lowest BCUT2D eigenvalue weighted by molar-refractivity contribution is 0.0345. The number of ether oxygens (including phenoxy) is 1. The SMILES string of the molecule is CCCCCCCOCC(O)c1ccc2ccccc2c1. The van der Waals surface area contributed by atoms with Crippen molar-refractivity contribution in [3.63, 3.8) is 0 Å². The first kappa shape index (κ1) is 16.0. The molecule has 0 radical (unpaired) electrons. The van der Waals surface area contributed by atoms with Crippen LogP contribution < -0.4 is 0 Å². The summed E-state index contributed by atoms with van der Waals surface area (Å²) in [6, 6.07) is 14.3. The molecule has 0 aliphatic carbocycles. The Kier molecular flexibility index (Phi) is 6.71. The Bertz CT molecular complexity index is 536. The molecule has 1 N–H and O–H groups in total. The first-order valence-electron chi connectivity index (χ1n) is 8.05. The second kappa shape index (κ2) is 8.81. The van der Waals surface area contributed by atoms with E-state index in [9.17, 15) is 5.11 Å². The van der Waals surface area contributed by atoms with Gasteiger partial charge in [0.1, 0.15) is 6.10 Å². The Balaban J connectivity index is 1.75. The molecule has 0 saturated carbocycles. The lowest BCUT2D eigenvalue weighted by atomic mass is 10.0. The molecule has 1 unspecified atom stereocenters. The predicted molar refractivity (Wildman–Crippen MR) is 88.5 cm³/mol. The third-order valence-corrected chi connectivity index (χ3v) is 3.83. The van der Waals surface area contributed by atoms with Crippen LogP contribution in [0.15, 0.2) is 42.5 Å². The van der Waals surface area contributed by atoms with Crippen molar-refractivity contribution in [1.82, 2.24) is 0 Å². The van der Waals surface area contributed by atoms with Crippen LogP contribution in [0.4, 0.5) is 0 Å². The molecule has 0 amide bonds. The summed E-state index contributed by atoms with van der Waals surface area (Å²) in [6.07, 6.45) is 5.63. The Hall–Kier alpha value is -1.38. The largest absolute Gasteiger partial charge is 0.386 e. The molecule has 2 nitrogen and oxygen atoms in total. The second-order valence-corrected chi connectivity index (χ2v) is 5.61. The molecule has 0 fully saturated rings. The van der Waals surface area contributed by atoms with E-state index in [0.717, 1.165) is 24.0 Å². The summed E-state index contributed by atoms with van der Waals surface area (Å²) < 4.78 is 5.59. The highest BCUT2D eigenvalue weighted by Crippen LogP contribution is 2.20. The van der Waals surface area contributed by atoms with Crippen molar-refractivity contribution in [2.45, 2.75) is 45.1 Å². The summed E-state index contributed by atoms with van der Waals surface area (Å²) in [6.45, 7) is 3.34. The van der Waals surface area contributed by atoms with Gasteiger partial charge in [-0.05, 0) is 28.8 Å². The molecular weight excluding hydrogens is 260 g/mol. The van der Waals surface area contributed by atoms with Gasteiger partial charge in [0.15, 0.2) is 0 Å². The molecule has 2 rings (SSSR count). The molecule has 21 heavy (non-hydrogen) atoms. The van der Waals surface area contributed by atoms with Gasteiger partial charge in [0.25, 0.3) is 0 Å². The van der Waals surface area contributed by atoms with Gasteiger partial charge in [-0.25, -0.2) is 0 Å². The highest BCUT2D eigenvalue weighted by atomic mass is 16.5. The van der Waals surface area contributed by atoms with E-state index < -0.39 is 6.10 Å². The van der Waals surface area contributed by atoms with Gasteiger partial charge in [0, 0.05) is 6.61 Å². The molecule has 2 heteroatoms. The van der Waals surface area contributed by atoms with Crippen LogP contribution in [0.3, 0.4) is 0 Å². The van der Waals surface area contributed by atoms with E-state index in [1.165, 1.54) is 31.1 Å². The van der Waals surface area contributed by atoms with Gasteiger partial charge in [-0.1, -0.05) is 69.0 Å². The highest BCUT2D eigenvalue weighted by molar-refractivity contribution is 5.83. The minimum atomic E-state index is -0.537. The van der Waals surface area contributed by atoms with Crippen LogP contribution in [0, 0.1) is 0 Å². The van der Waals surface area contributed by atoms with Crippen molar-refractivity contribution >= 4 is 10.8 Å². The van der Waals surface area contributed by atoms with Gasteiger partial charge in [-0.15, -0.1) is 0 Å². The maximum atomic E-state index is 10.2. The van der Waals surface area contributed by atoms with Gasteiger partial charge in [0.2, 0.25) is 0 Å². The lowest BCUT2D eigenvalue weighted by Gasteiger charge is -2.12. The van der Waals surface area contributed by atoms with Crippen LogP contribution in [0.1, 0.15) is 50.7 Å². The summed E-state index contributed by atoms with van der Waals surface area (Å²) in [4.78, 5) is 0. The zero-order chi connectivity index (χ0) is 14.9. The normalized spacial score (nSPS) is 12.7. The summed E-state index contributed by atoms with van der Waals surface area (Å²) in [5.41, 5.74) is 0.930. The Labute approximate surface area is 127 Å². The van der Waals surface area contributed by atoms with Crippen molar-refractivity contribution in [3.05, 3.63) is 48.0 Å². The fourth-order valence-corrected chi connectivity index (χ4v) is 2.51. The quantitative estimate of drug-likeness (QED) is 0.667. The maximum absolute atomic E-state index is 10.2. The number of fused-ring (bicyclic) bond motifs is 1. The van der Waals surface area contributed by atoms with Gasteiger partial charge < -0.3 is 9.84 Å². The van der Waals surface area contributed by atoms with Crippen molar-refractivity contribution in [2.24, 2.45) is 0 Å². The minimum absolute atomic E-state index is 0.381. The van der Waals surface area contributed by atoms with E-state index >= 15 is 0 Å². The first-order chi connectivity index (χ1) is 10.3. The lowest BCUT2D eigenvalue weighted by Crippen LogP contribution is -2.08. The second-order valence-electron chi connectivity index (χ2n) is 5.61. The van der Waals surface area contributed by atoms with Crippen LogP contribution >= 0.6 is 0 Å². The maximum Gasteiger partial charge on any atom is 0.102 e. The van der Waals surface area contributed by atoms with Crippen molar-refractivity contribution in [2.75, 3.05) is 13.2 Å². The third kappa shape index (κ3) is 5.14. The van der Waals surface area contributed by atoms with E-state index in [0.29, 0.717) is 6.61 Å². The van der Waals surface area contributed by atoms with E-state index in [-0.39, 0.29) is 0 Å². The average Bonchev–Trinajstić information content (AvgIpc) is 2.53. The monoisotopic (exact) mass is 286 g/mol. The molecule has 0 saturated heterocycles. The molecule has 2 aromatic carbocycles. The van der Waals surface area contributed by atoms with Gasteiger partial charge >= 0.3 is 0 Å². The van der Waals surface area contributed by atoms with E-state index in [2.05, 4.69) is 25.1 Å². The van der Waals surface area contributed by atoms with Crippen LogP contribution in [0.5, 0.6) is 0 Å². The number of aliphatic hydroxyl groups excluding tert-OH is 1. The smallest absolute Gasteiger partial charge is 0.102 e. The molecule has 0 bridgehead atoms. The number of benzene rings is 2. The molecule has 0 heterocycles. The van der Waals surface area contributed by atoms with Gasteiger partial charge in [-0.3, -0.25) is 0 Å². The molecule has 0 spiro atoms. The molecule has 114 valence electrons.